The molecule has 1 aliphatic rings. The second kappa shape index (κ2) is 4.66. The monoisotopic (exact) mass is 249 g/mol. The van der Waals surface area contributed by atoms with Crippen LogP contribution in [-0.2, 0) is 9.59 Å². The van der Waals surface area contributed by atoms with Crippen molar-refractivity contribution >= 4 is 17.5 Å². The van der Waals surface area contributed by atoms with E-state index in [0.29, 0.717) is 5.75 Å². The Hall–Kier alpha value is -2.08. The number of methoxy groups -OCH3 is 1. The van der Waals surface area contributed by atoms with Gasteiger partial charge in [-0.2, -0.15) is 0 Å². The van der Waals surface area contributed by atoms with Crippen LogP contribution in [-0.4, -0.2) is 25.0 Å². The lowest BCUT2D eigenvalue weighted by Crippen LogP contribution is -2.42. The minimum absolute atomic E-state index is 0.202. The van der Waals surface area contributed by atoms with Gasteiger partial charge in [0, 0.05) is 11.3 Å². The number of primary amides is 1. The molecule has 1 aliphatic heterocycles. The molecule has 0 radical (unpaired) electrons. The van der Waals surface area contributed by atoms with Gasteiger partial charge in [0.05, 0.1) is 13.2 Å². The molecular weight excluding hydrogens is 234 g/mol. The minimum atomic E-state index is -0.586. The number of hydrogen-bond donors (Lipinski definition) is 3. The summed E-state index contributed by atoms with van der Waals surface area (Å²) in [6, 6.07) is 4.12. The van der Waals surface area contributed by atoms with Crippen molar-refractivity contribution in [2.24, 2.45) is 5.73 Å². The van der Waals surface area contributed by atoms with Gasteiger partial charge in [0.1, 0.15) is 11.8 Å². The Kier molecular flexibility index (Phi) is 3.20. The van der Waals surface area contributed by atoms with Crippen molar-refractivity contribution in [2.45, 2.75) is 19.0 Å². The SMILES string of the molecule is COc1ccc2c(c1)C(NC(C)C(N)=O)C(=O)N2. The Morgan fingerprint density at radius 3 is 2.89 bits per heavy atom. The van der Waals surface area contributed by atoms with Crippen LogP contribution in [0.2, 0.25) is 0 Å². The number of ether oxygens (including phenoxy) is 1. The normalized spacial score (nSPS) is 19.0. The molecular formula is C12H15N3O3. The molecule has 6 nitrogen and oxygen atoms in total. The van der Waals surface area contributed by atoms with Crippen molar-refractivity contribution in [2.75, 3.05) is 12.4 Å². The van der Waals surface area contributed by atoms with Gasteiger partial charge in [0.2, 0.25) is 11.8 Å². The predicted molar refractivity (Wildman–Crippen MR) is 66.2 cm³/mol. The second-order valence-corrected chi connectivity index (χ2v) is 4.17. The summed E-state index contributed by atoms with van der Waals surface area (Å²) in [4.78, 5) is 22.9. The van der Waals surface area contributed by atoms with Gasteiger partial charge in [-0.05, 0) is 25.1 Å². The zero-order chi connectivity index (χ0) is 13.3. The van der Waals surface area contributed by atoms with E-state index in [0.717, 1.165) is 11.3 Å². The molecule has 18 heavy (non-hydrogen) atoms. The fourth-order valence-electron chi connectivity index (χ4n) is 1.86. The number of nitrogens with one attached hydrogen (secondary N) is 2. The average Bonchev–Trinajstić information content (AvgIpc) is 2.65. The highest BCUT2D eigenvalue weighted by molar-refractivity contribution is 6.03. The first-order valence-corrected chi connectivity index (χ1v) is 5.57. The zero-order valence-electron chi connectivity index (χ0n) is 10.2. The molecule has 0 aromatic heterocycles. The minimum Gasteiger partial charge on any atom is -0.497 e. The lowest BCUT2D eigenvalue weighted by molar-refractivity contribution is -0.121. The number of benzene rings is 1. The van der Waals surface area contributed by atoms with Gasteiger partial charge in [-0.25, -0.2) is 0 Å². The number of carbonyl (C=O) groups excluding carboxylic acids is 2. The first kappa shape index (κ1) is 12.4. The van der Waals surface area contributed by atoms with Gasteiger partial charge in [0.25, 0.3) is 0 Å². The molecule has 0 saturated carbocycles. The highest BCUT2D eigenvalue weighted by Crippen LogP contribution is 2.33. The summed E-state index contributed by atoms with van der Waals surface area (Å²) in [7, 11) is 1.56. The fraction of sp³-hybridized carbons (Fsp3) is 0.333. The van der Waals surface area contributed by atoms with E-state index in [1.807, 2.05) is 0 Å². The van der Waals surface area contributed by atoms with Gasteiger partial charge in [-0.3, -0.25) is 14.9 Å². The van der Waals surface area contributed by atoms with E-state index >= 15 is 0 Å². The van der Waals surface area contributed by atoms with Gasteiger partial charge in [-0.1, -0.05) is 0 Å². The molecule has 1 aromatic rings. The van der Waals surface area contributed by atoms with Crippen molar-refractivity contribution in [3.63, 3.8) is 0 Å². The molecule has 0 saturated heterocycles. The Morgan fingerprint density at radius 1 is 1.56 bits per heavy atom. The van der Waals surface area contributed by atoms with Crippen molar-refractivity contribution in [3.05, 3.63) is 23.8 Å². The topological polar surface area (TPSA) is 93.4 Å². The molecule has 0 spiro atoms. The maximum atomic E-state index is 11.8. The van der Waals surface area contributed by atoms with Gasteiger partial charge in [-0.15, -0.1) is 0 Å². The highest BCUT2D eigenvalue weighted by atomic mass is 16.5. The molecule has 0 bridgehead atoms. The lowest BCUT2D eigenvalue weighted by Gasteiger charge is -2.15. The van der Waals surface area contributed by atoms with E-state index in [1.165, 1.54) is 0 Å². The lowest BCUT2D eigenvalue weighted by atomic mass is 10.1. The Balaban J connectivity index is 2.28. The summed E-state index contributed by atoms with van der Waals surface area (Å²) in [6.07, 6.45) is 0. The van der Waals surface area contributed by atoms with Crippen LogP contribution in [0.1, 0.15) is 18.5 Å². The second-order valence-electron chi connectivity index (χ2n) is 4.17. The molecule has 4 N–H and O–H groups in total. The number of nitrogens with two attached hydrogens (primary N) is 1. The predicted octanol–water partition coefficient (Wildman–Crippen LogP) is 0.152. The maximum Gasteiger partial charge on any atom is 0.246 e. The molecule has 1 heterocycles. The van der Waals surface area contributed by atoms with Crippen LogP contribution in [0.3, 0.4) is 0 Å². The molecule has 2 amide bonds. The molecule has 2 unspecified atom stereocenters. The summed E-state index contributed by atoms with van der Waals surface area (Å²) in [5.41, 5.74) is 6.65. The summed E-state index contributed by atoms with van der Waals surface area (Å²) >= 11 is 0. The third-order valence-corrected chi connectivity index (χ3v) is 2.93. The van der Waals surface area contributed by atoms with Crippen LogP contribution >= 0.6 is 0 Å². The first-order valence-electron chi connectivity index (χ1n) is 5.57. The smallest absolute Gasteiger partial charge is 0.246 e. The van der Waals surface area contributed by atoms with Crippen molar-refractivity contribution in [1.29, 1.82) is 0 Å². The first-order chi connectivity index (χ1) is 8.52. The maximum absolute atomic E-state index is 11.8. The number of hydrogen-bond acceptors (Lipinski definition) is 4. The average molecular weight is 249 g/mol. The molecule has 2 rings (SSSR count). The molecule has 2 atom stereocenters. The van der Waals surface area contributed by atoms with E-state index in [4.69, 9.17) is 10.5 Å². The molecule has 96 valence electrons. The number of fused-ring (bicyclic) bond motifs is 1. The van der Waals surface area contributed by atoms with Crippen molar-refractivity contribution in [3.8, 4) is 5.75 Å². The summed E-state index contributed by atoms with van der Waals surface area (Å²) in [5, 5.41) is 5.63. The van der Waals surface area contributed by atoms with E-state index in [1.54, 1.807) is 32.2 Å². The molecule has 0 fully saturated rings. The van der Waals surface area contributed by atoms with Crippen molar-refractivity contribution in [1.82, 2.24) is 5.32 Å². The Labute approximate surface area is 104 Å². The quantitative estimate of drug-likeness (QED) is 0.708. The fourth-order valence-corrected chi connectivity index (χ4v) is 1.86. The van der Waals surface area contributed by atoms with Gasteiger partial charge in [0.15, 0.2) is 0 Å². The number of carbonyl (C=O) groups is 2. The van der Waals surface area contributed by atoms with Crippen LogP contribution in [0, 0.1) is 0 Å². The Morgan fingerprint density at radius 2 is 2.28 bits per heavy atom. The van der Waals surface area contributed by atoms with Crippen molar-refractivity contribution < 1.29 is 14.3 Å². The van der Waals surface area contributed by atoms with Crippen LogP contribution < -0.4 is 21.1 Å². The van der Waals surface area contributed by atoms with Crippen LogP contribution in [0.25, 0.3) is 0 Å². The molecule has 1 aromatic carbocycles. The van der Waals surface area contributed by atoms with E-state index in [2.05, 4.69) is 10.6 Å². The highest BCUT2D eigenvalue weighted by Gasteiger charge is 2.32. The third kappa shape index (κ3) is 2.14. The number of amides is 2. The third-order valence-electron chi connectivity index (χ3n) is 2.93. The Bertz CT molecular complexity index is 501. The summed E-state index contributed by atoms with van der Waals surface area (Å²) in [6.45, 7) is 1.62. The van der Waals surface area contributed by atoms with E-state index in [9.17, 15) is 9.59 Å². The van der Waals surface area contributed by atoms with E-state index < -0.39 is 18.0 Å². The zero-order valence-corrected chi connectivity index (χ0v) is 10.2. The summed E-state index contributed by atoms with van der Waals surface area (Å²) in [5.74, 6) is -0.0470. The largest absolute Gasteiger partial charge is 0.497 e. The number of anilines is 1. The van der Waals surface area contributed by atoms with Gasteiger partial charge >= 0.3 is 0 Å². The van der Waals surface area contributed by atoms with E-state index in [-0.39, 0.29) is 5.91 Å². The molecule has 6 heteroatoms. The standard InChI is InChI=1S/C12H15N3O3/c1-6(11(13)16)14-10-8-5-7(18-2)3-4-9(8)15-12(10)17/h3-6,10,14H,1-2H3,(H2,13,16)(H,15,17). The van der Waals surface area contributed by atoms with Crippen LogP contribution in [0.5, 0.6) is 5.75 Å². The summed E-state index contributed by atoms with van der Waals surface area (Å²) < 4.78 is 5.12. The van der Waals surface area contributed by atoms with Crippen LogP contribution in [0.15, 0.2) is 18.2 Å². The van der Waals surface area contributed by atoms with Gasteiger partial charge < -0.3 is 15.8 Å². The van der Waals surface area contributed by atoms with Crippen LogP contribution in [0.4, 0.5) is 5.69 Å². The molecule has 0 aliphatic carbocycles. The number of rotatable bonds is 4.